The molecule has 0 aliphatic heterocycles. The number of hydrogen-bond acceptors (Lipinski definition) is 3. The number of carbonyl (C=O) groups is 1. The number of hydrogen-bond donors (Lipinski definition) is 0. The topological polar surface area (TPSA) is 35.5 Å². The van der Waals surface area contributed by atoms with Crippen molar-refractivity contribution in [1.82, 2.24) is 0 Å². The third-order valence-electron chi connectivity index (χ3n) is 3.52. The zero-order valence-electron chi connectivity index (χ0n) is 13.9. The fourth-order valence-electron chi connectivity index (χ4n) is 2.24. The zero-order chi connectivity index (χ0) is 17.4. The Balaban J connectivity index is 2.13. The van der Waals surface area contributed by atoms with Crippen molar-refractivity contribution in [1.29, 1.82) is 0 Å². The van der Waals surface area contributed by atoms with Gasteiger partial charge in [0.25, 0.3) is 0 Å². The van der Waals surface area contributed by atoms with E-state index in [1.165, 1.54) is 17.9 Å². The maximum Gasteiger partial charge on any atom is 0.333 e. The van der Waals surface area contributed by atoms with Crippen LogP contribution in [0.3, 0.4) is 0 Å². The first-order chi connectivity index (χ1) is 11.6. The van der Waals surface area contributed by atoms with E-state index in [0.29, 0.717) is 18.1 Å². The van der Waals surface area contributed by atoms with Gasteiger partial charge in [0.2, 0.25) is 0 Å². The molecule has 2 aromatic carbocycles. The molecule has 0 aliphatic rings. The van der Waals surface area contributed by atoms with Crippen LogP contribution in [0.2, 0.25) is 5.02 Å². The normalized spacial score (nSPS) is 12.1. The van der Waals surface area contributed by atoms with Crippen LogP contribution in [0.4, 0.5) is 0 Å². The first kappa shape index (κ1) is 18.1. The Bertz CT molecular complexity index is 675. The molecule has 0 bridgehead atoms. The Morgan fingerprint density at radius 3 is 2.42 bits per heavy atom. The maximum atomic E-state index is 11.4. The van der Waals surface area contributed by atoms with E-state index in [1.807, 2.05) is 24.3 Å². The van der Waals surface area contributed by atoms with Crippen molar-refractivity contribution in [3.8, 4) is 0 Å². The lowest BCUT2D eigenvalue weighted by Crippen LogP contribution is -2.06. The SMILES string of the molecule is CCOC(=O)/C=C/OC(Cc1ccc(C)cc1)c1ccc(Cl)cc1. The van der Waals surface area contributed by atoms with Crippen LogP contribution in [-0.2, 0) is 20.7 Å². The highest BCUT2D eigenvalue weighted by molar-refractivity contribution is 6.30. The van der Waals surface area contributed by atoms with Crippen molar-refractivity contribution in [3.63, 3.8) is 0 Å². The summed E-state index contributed by atoms with van der Waals surface area (Å²) in [6, 6.07) is 15.8. The van der Waals surface area contributed by atoms with E-state index in [2.05, 4.69) is 31.2 Å². The van der Waals surface area contributed by atoms with Gasteiger partial charge in [-0.1, -0.05) is 53.6 Å². The van der Waals surface area contributed by atoms with E-state index < -0.39 is 5.97 Å². The third-order valence-corrected chi connectivity index (χ3v) is 3.77. The van der Waals surface area contributed by atoms with Gasteiger partial charge in [-0.2, -0.15) is 0 Å². The molecule has 0 saturated carbocycles. The summed E-state index contributed by atoms with van der Waals surface area (Å²) in [7, 11) is 0. The molecule has 0 radical (unpaired) electrons. The van der Waals surface area contributed by atoms with Crippen LogP contribution in [0.5, 0.6) is 0 Å². The highest BCUT2D eigenvalue weighted by Crippen LogP contribution is 2.24. The Hall–Kier alpha value is -2.26. The molecule has 0 fully saturated rings. The number of esters is 1. The number of aryl methyl sites for hydroxylation is 1. The summed E-state index contributed by atoms with van der Waals surface area (Å²) in [6.45, 7) is 4.16. The summed E-state index contributed by atoms with van der Waals surface area (Å²) in [5.74, 6) is -0.414. The van der Waals surface area contributed by atoms with Gasteiger partial charge in [0.1, 0.15) is 6.10 Å². The molecule has 4 heteroatoms. The van der Waals surface area contributed by atoms with Gasteiger partial charge in [0.15, 0.2) is 0 Å². The molecule has 2 rings (SSSR count). The smallest absolute Gasteiger partial charge is 0.333 e. The summed E-state index contributed by atoms with van der Waals surface area (Å²) >= 11 is 5.96. The van der Waals surface area contributed by atoms with E-state index in [4.69, 9.17) is 21.1 Å². The van der Waals surface area contributed by atoms with Gasteiger partial charge in [-0.25, -0.2) is 4.79 Å². The summed E-state index contributed by atoms with van der Waals surface area (Å²) in [5, 5.41) is 0.676. The Morgan fingerprint density at radius 2 is 1.79 bits per heavy atom. The third kappa shape index (κ3) is 5.74. The minimum absolute atomic E-state index is 0.212. The van der Waals surface area contributed by atoms with Gasteiger partial charge in [-0.15, -0.1) is 0 Å². The van der Waals surface area contributed by atoms with Gasteiger partial charge in [0, 0.05) is 11.4 Å². The van der Waals surface area contributed by atoms with E-state index in [1.54, 1.807) is 6.92 Å². The van der Waals surface area contributed by atoms with Crippen LogP contribution in [-0.4, -0.2) is 12.6 Å². The number of halogens is 1. The minimum atomic E-state index is -0.414. The highest BCUT2D eigenvalue weighted by atomic mass is 35.5. The molecule has 0 heterocycles. The quantitative estimate of drug-likeness (QED) is 0.401. The van der Waals surface area contributed by atoms with E-state index in [-0.39, 0.29) is 6.10 Å². The van der Waals surface area contributed by atoms with Crippen LogP contribution >= 0.6 is 11.6 Å². The standard InChI is InChI=1S/C20H21ClO3/c1-3-23-20(22)12-13-24-19(17-8-10-18(21)11-9-17)14-16-6-4-15(2)5-7-16/h4-13,19H,3,14H2,1-2H3/b13-12+. The monoisotopic (exact) mass is 344 g/mol. The van der Waals surface area contributed by atoms with Crippen LogP contribution in [0.1, 0.15) is 29.7 Å². The first-order valence-corrected chi connectivity index (χ1v) is 8.26. The maximum absolute atomic E-state index is 11.4. The molecule has 1 unspecified atom stereocenters. The van der Waals surface area contributed by atoms with E-state index in [0.717, 1.165) is 11.1 Å². The summed E-state index contributed by atoms with van der Waals surface area (Å²) in [4.78, 5) is 11.4. The van der Waals surface area contributed by atoms with Gasteiger partial charge >= 0.3 is 5.97 Å². The van der Waals surface area contributed by atoms with Gasteiger partial charge < -0.3 is 9.47 Å². The fraction of sp³-hybridized carbons (Fsp3) is 0.250. The minimum Gasteiger partial charge on any atom is -0.493 e. The lowest BCUT2D eigenvalue weighted by atomic mass is 10.0. The number of ether oxygens (including phenoxy) is 2. The van der Waals surface area contributed by atoms with Gasteiger partial charge in [-0.05, 0) is 37.1 Å². The van der Waals surface area contributed by atoms with Crippen LogP contribution in [0.15, 0.2) is 60.9 Å². The van der Waals surface area contributed by atoms with Crippen molar-refractivity contribution in [3.05, 3.63) is 82.6 Å². The molecule has 126 valence electrons. The van der Waals surface area contributed by atoms with Crippen molar-refractivity contribution < 1.29 is 14.3 Å². The van der Waals surface area contributed by atoms with Crippen LogP contribution in [0, 0.1) is 6.92 Å². The predicted octanol–water partition coefficient (Wildman–Crippen LogP) is 5.03. The molecule has 0 spiro atoms. The second-order valence-corrected chi connectivity index (χ2v) is 5.86. The van der Waals surface area contributed by atoms with Crippen LogP contribution < -0.4 is 0 Å². The molecule has 0 aliphatic carbocycles. The zero-order valence-corrected chi connectivity index (χ0v) is 14.6. The van der Waals surface area contributed by atoms with Crippen LogP contribution in [0.25, 0.3) is 0 Å². The Labute approximate surface area is 147 Å². The second-order valence-electron chi connectivity index (χ2n) is 5.42. The Morgan fingerprint density at radius 1 is 1.12 bits per heavy atom. The summed E-state index contributed by atoms with van der Waals surface area (Å²) in [6.07, 6.45) is 3.16. The first-order valence-electron chi connectivity index (χ1n) is 7.88. The molecule has 24 heavy (non-hydrogen) atoms. The van der Waals surface area contributed by atoms with Crippen molar-refractivity contribution in [2.75, 3.05) is 6.61 Å². The number of benzene rings is 2. The largest absolute Gasteiger partial charge is 0.493 e. The molecule has 0 N–H and O–H groups in total. The van der Waals surface area contributed by atoms with E-state index >= 15 is 0 Å². The molecular formula is C20H21ClO3. The molecule has 0 aromatic heterocycles. The fourth-order valence-corrected chi connectivity index (χ4v) is 2.37. The molecule has 0 amide bonds. The van der Waals surface area contributed by atoms with Crippen molar-refractivity contribution >= 4 is 17.6 Å². The van der Waals surface area contributed by atoms with Crippen molar-refractivity contribution in [2.45, 2.75) is 26.4 Å². The van der Waals surface area contributed by atoms with E-state index in [9.17, 15) is 4.79 Å². The molecule has 2 aromatic rings. The summed E-state index contributed by atoms with van der Waals surface area (Å²) in [5.41, 5.74) is 3.36. The van der Waals surface area contributed by atoms with Gasteiger partial charge in [0.05, 0.1) is 18.9 Å². The molecule has 3 nitrogen and oxygen atoms in total. The average Bonchev–Trinajstić information content (AvgIpc) is 2.57. The molecule has 1 atom stereocenters. The predicted molar refractivity (Wildman–Crippen MR) is 95.9 cm³/mol. The highest BCUT2D eigenvalue weighted by Gasteiger charge is 2.13. The average molecular weight is 345 g/mol. The lowest BCUT2D eigenvalue weighted by molar-refractivity contribution is -0.137. The second kappa shape index (κ2) is 9.14. The molecular weight excluding hydrogens is 324 g/mol. The summed E-state index contributed by atoms with van der Waals surface area (Å²) < 4.78 is 10.6. The Kier molecular flexibility index (Phi) is 6.89. The van der Waals surface area contributed by atoms with Gasteiger partial charge in [-0.3, -0.25) is 0 Å². The molecule has 0 saturated heterocycles. The number of rotatable bonds is 7. The lowest BCUT2D eigenvalue weighted by Gasteiger charge is -2.17. The number of carbonyl (C=O) groups excluding carboxylic acids is 1. The van der Waals surface area contributed by atoms with Crippen molar-refractivity contribution in [2.24, 2.45) is 0 Å².